The van der Waals surface area contributed by atoms with Gasteiger partial charge in [0.05, 0.1) is 16.6 Å². The van der Waals surface area contributed by atoms with Crippen LogP contribution in [0.4, 0.5) is 0 Å². The molecule has 5 heteroatoms. The van der Waals surface area contributed by atoms with Crippen molar-refractivity contribution in [1.29, 1.82) is 0 Å². The van der Waals surface area contributed by atoms with Crippen LogP contribution in [-0.2, 0) is 0 Å². The highest BCUT2D eigenvalue weighted by Gasteiger charge is 2.34. The third-order valence-corrected chi connectivity index (χ3v) is 5.55. The third kappa shape index (κ3) is 2.52. The molecular weight excluding hydrogens is 290 g/mol. The van der Waals surface area contributed by atoms with E-state index in [1.165, 1.54) is 25.7 Å². The first-order chi connectivity index (χ1) is 11.1. The van der Waals surface area contributed by atoms with E-state index in [2.05, 4.69) is 10.1 Å². The lowest BCUT2D eigenvalue weighted by atomic mass is 9.75. The fraction of sp³-hybridized carbons (Fsp3) is 0.611. The number of hydrogen-bond donors (Lipinski definition) is 0. The SMILES string of the molecule is Cc1cc(C(=O)N2CC[C@@H]3CCCC[C@H]3C2)c2c(C)noc2n1. The maximum absolute atomic E-state index is 13.1. The predicted molar refractivity (Wildman–Crippen MR) is 87.2 cm³/mol. The van der Waals surface area contributed by atoms with Gasteiger partial charge in [-0.05, 0) is 44.6 Å². The van der Waals surface area contributed by atoms with E-state index >= 15 is 0 Å². The standard InChI is InChI=1S/C18H23N3O2/c1-11-9-15(16-12(2)20-23-17(16)19-11)18(22)21-8-7-13-5-3-4-6-14(13)10-21/h9,13-14H,3-8,10H2,1-2H3/t13-,14-/m0/s1. The van der Waals surface area contributed by atoms with Gasteiger partial charge in [-0.3, -0.25) is 4.79 Å². The molecule has 1 saturated heterocycles. The molecule has 122 valence electrons. The van der Waals surface area contributed by atoms with Crippen LogP contribution in [0.5, 0.6) is 0 Å². The molecule has 0 bridgehead atoms. The van der Waals surface area contributed by atoms with Gasteiger partial charge in [-0.2, -0.15) is 0 Å². The van der Waals surface area contributed by atoms with Crippen molar-refractivity contribution < 1.29 is 9.32 Å². The van der Waals surface area contributed by atoms with Crippen LogP contribution in [0.2, 0.25) is 0 Å². The van der Waals surface area contributed by atoms with Crippen molar-refractivity contribution in [3.05, 3.63) is 23.0 Å². The van der Waals surface area contributed by atoms with Gasteiger partial charge in [0.1, 0.15) is 0 Å². The maximum Gasteiger partial charge on any atom is 0.258 e. The normalized spacial score (nSPS) is 24.7. The van der Waals surface area contributed by atoms with E-state index in [0.717, 1.165) is 42.2 Å². The summed E-state index contributed by atoms with van der Waals surface area (Å²) in [7, 11) is 0. The Labute approximate surface area is 136 Å². The fourth-order valence-electron chi connectivity index (χ4n) is 4.34. The summed E-state index contributed by atoms with van der Waals surface area (Å²) in [6.45, 7) is 5.53. The molecule has 1 aliphatic carbocycles. The van der Waals surface area contributed by atoms with Gasteiger partial charge in [0.25, 0.3) is 11.6 Å². The first-order valence-corrected chi connectivity index (χ1v) is 8.66. The molecule has 2 aliphatic rings. The molecule has 1 saturated carbocycles. The predicted octanol–water partition coefficient (Wildman–Crippen LogP) is 3.49. The fourth-order valence-corrected chi connectivity index (χ4v) is 4.34. The molecule has 5 nitrogen and oxygen atoms in total. The zero-order valence-electron chi connectivity index (χ0n) is 13.8. The molecule has 4 rings (SSSR count). The van der Waals surface area contributed by atoms with Crippen molar-refractivity contribution in [2.24, 2.45) is 11.8 Å². The molecule has 1 amide bonds. The van der Waals surface area contributed by atoms with Crippen molar-refractivity contribution in [1.82, 2.24) is 15.0 Å². The molecule has 2 aromatic heterocycles. The number of amides is 1. The summed E-state index contributed by atoms with van der Waals surface area (Å²) >= 11 is 0. The average molecular weight is 313 g/mol. The third-order valence-electron chi connectivity index (χ3n) is 5.55. The molecular formula is C18H23N3O2. The Morgan fingerprint density at radius 1 is 1.22 bits per heavy atom. The highest BCUT2D eigenvalue weighted by Crippen LogP contribution is 2.36. The zero-order chi connectivity index (χ0) is 16.0. The van der Waals surface area contributed by atoms with Gasteiger partial charge in [-0.1, -0.05) is 24.4 Å². The van der Waals surface area contributed by atoms with Gasteiger partial charge < -0.3 is 9.42 Å². The Bertz CT molecular complexity index is 752. The van der Waals surface area contributed by atoms with E-state index < -0.39 is 0 Å². The summed E-state index contributed by atoms with van der Waals surface area (Å²) in [6, 6.07) is 1.88. The lowest BCUT2D eigenvalue weighted by Gasteiger charge is -2.41. The van der Waals surface area contributed by atoms with Gasteiger partial charge in [-0.15, -0.1) is 0 Å². The molecule has 0 aromatic carbocycles. The number of piperidine rings is 1. The average Bonchev–Trinajstić information content (AvgIpc) is 2.94. The van der Waals surface area contributed by atoms with Crippen LogP contribution in [0.3, 0.4) is 0 Å². The topological polar surface area (TPSA) is 59.2 Å². The number of rotatable bonds is 1. The molecule has 0 radical (unpaired) electrons. The van der Waals surface area contributed by atoms with E-state index in [9.17, 15) is 4.79 Å². The van der Waals surface area contributed by atoms with Crippen molar-refractivity contribution in [3.8, 4) is 0 Å². The van der Waals surface area contributed by atoms with Crippen LogP contribution < -0.4 is 0 Å². The molecule has 2 atom stereocenters. The molecule has 2 aromatic rings. The van der Waals surface area contributed by atoms with Crippen molar-refractivity contribution in [3.63, 3.8) is 0 Å². The summed E-state index contributed by atoms with van der Waals surface area (Å²) in [5.74, 6) is 1.61. The summed E-state index contributed by atoms with van der Waals surface area (Å²) < 4.78 is 5.26. The molecule has 0 N–H and O–H groups in total. The van der Waals surface area contributed by atoms with Crippen LogP contribution in [0, 0.1) is 25.7 Å². The zero-order valence-corrected chi connectivity index (χ0v) is 13.8. The number of likely N-dealkylation sites (tertiary alicyclic amines) is 1. The van der Waals surface area contributed by atoms with Crippen molar-refractivity contribution in [2.45, 2.75) is 46.0 Å². The first kappa shape index (κ1) is 14.7. The molecule has 0 unspecified atom stereocenters. The van der Waals surface area contributed by atoms with E-state index in [0.29, 0.717) is 17.2 Å². The number of fused-ring (bicyclic) bond motifs is 2. The molecule has 0 spiro atoms. The van der Waals surface area contributed by atoms with Crippen LogP contribution >= 0.6 is 0 Å². The van der Waals surface area contributed by atoms with Gasteiger partial charge in [0.2, 0.25) is 0 Å². The molecule has 2 fully saturated rings. The largest absolute Gasteiger partial charge is 0.338 e. The van der Waals surface area contributed by atoms with Crippen LogP contribution in [0.15, 0.2) is 10.6 Å². The second-order valence-corrected chi connectivity index (χ2v) is 7.10. The number of nitrogens with zero attached hydrogens (tertiary/aromatic N) is 3. The summed E-state index contributed by atoms with van der Waals surface area (Å²) in [5.41, 5.74) is 2.70. The molecule has 1 aliphatic heterocycles. The minimum Gasteiger partial charge on any atom is -0.338 e. The van der Waals surface area contributed by atoms with Crippen LogP contribution in [-0.4, -0.2) is 34.0 Å². The summed E-state index contributed by atoms with van der Waals surface area (Å²) in [4.78, 5) is 19.5. The quantitative estimate of drug-likeness (QED) is 0.808. The Balaban J connectivity index is 1.65. The van der Waals surface area contributed by atoms with E-state index in [1.807, 2.05) is 24.8 Å². The van der Waals surface area contributed by atoms with E-state index in [-0.39, 0.29) is 5.91 Å². The van der Waals surface area contributed by atoms with Crippen molar-refractivity contribution in [2.75, 3.05) is 13.1 Å². The lowest BCUT2D eigenvalue weighted by Crippen LogP contribution is -2.44. The minimum atomic E-state index is 0.107. The minimum absolute atomic E-state index is 0.107. The van der Waals surface area contributed by atoms with Crippen LogP contribution in [0.25, 0.3) is 11.1 Å². The van der Waals surface area contributed by atoms with Crippen LogP contribution in [0.1, 0.15) is 53.8 Å². The Kier molecular flexibility index (Phi) is 3.58. The summed E-state index contributed by atoms with van der Waals surface area (Å²) in [6.07, 6.45) is 6.43. The maximum atomic E-state index is 13.1. The lowest BCUT2D eigenvalue weighted by molar-refractivity contribution is 0.0522. The smallest absolute Gasteiger partial charge is 0.258 e. The Morgan fingerprint density at radius 2 is 2.00 bits per heavy atom. The summed E-state index contributed by atoms with van der Waals surface area (Å²) in [5, 5.41) is 4.75. The van der Waals surface area contributed by atoms with Gasteiger partial charge in [-0.25, -0.2) is 4.98 Å². The number of aromatic nitrogens is 2. The molecule has 3 heterocycles. The molecule has 23 heavy (non-hydrogen) atoms. The Hall–Kier alpha value is -1.91. The van der Waals surface area contributed by atoms with Crippen molar-refractivity contribution >= 4 is 17.0 Å². The number of carbonyl (C=O) groups is 1. The van der Waals surface area contributed by atoms with E-state index in [4.69, 9.17) is 4.52 Å². The van der Waals surface area contributed by atoms with Gasteiger partial charge in [0, 0.05) is 18.8 Å². The highest BCUT2D eigenvalue weighted by molar-refractivity contribution is 6.06. The number of aryl methyl sites for hydroxylation is 2. The Morgan fingerprint density at radius 3 is 2.83 bits per heavy atom. The van der Waals surface area contributed by atoms with E-state index in [1.54, 1.807) is 0 Å². The second kappa shape index (κ2) is 5.62. The number of pyridine rings is 1. The first-order valence-electron chi connectivity index (χ1n) is 8.66. The number of carbonyl (C=O) groups excluding carboxylic acids is 1. The monoisotopic (exact) mass is 313 g/mol. The highest BCUT2D eigenvalue weighted by atomic mass is 16.5. The van der Waals surface area contributed by atoms with Gasteiger partial charge in [0.15, 0.2) is 0 Å². The number of hydrogen-bond acceptors (Lipinski definition) is 4. The van der Waals surface area contributed by atoms with Gasteiger partial charge >= 0.3 is 0 Å². The second-order valence-electron chi connectivity index (χ2n) is 7.10.